The number of rotatable bonds is 59. The maximum atomic E-state index is 13.0. The zero-order valence-electron chi connectivity index (χ0n) is 49.4. The van der Waals surface area contributed by atoms with Crippen molar-refractivity contribution in [2.24, 2.45) is 0 Å². The van der Waals surface area contributed by atoms with E-state index in [0.29, 0.717) is 17.4 Å². The first-order chi connectivity index (χ1) is 35.5. The molecule has 0 aromatic heterocycles. The highest BCUT2D eigenvalue weighted by Gasteiger charge is 2.23. The summed E-state index contributed by atoms with van der Waals surface area (Å²) >= 11 is 0. The quantitative estimate of drug-likeness (QED) is 0.0272. The first-order valence-corrected chi connectivity index (χ1v) is 33.3. The van der Waals surface area contributed by atoms with Crippen molar-refractivity contribution in [1.82, 2.24) is 5.32 Å². The summed E-state index contributed by atoms with van der Waals surface area (Å²) in [5.41, 5.74) is 0. The van der Waals surface area contributed by atoms with Gasteiger partial charge in [-0.25, -0.2) is 0 Å². The van der Waals surface area contributed by atoms with Crippen LogP contribution in [0.25, 0.3) is 0 Å². The van der Waals surface area contributed by atoms with E-state index in [2.05, 4.69) is 43.5 Å². The summed E-state index contributed by atoms with van der Waals surface area (Å²) in [7, 11) is 1.25. The van der Waals surface area contributed by atoms with E-state index in [9.17, 15) is 19.4 Å². The van der Waals surface area contributed by atoms with Gasteiger partial charge in [0.2, 0.25) is 5.91 Å². The van der Waals surface area contributed by atoms with Crippen molar-refractivity contribution >= 4 is 13.7 Å². The van der Waals surface area contributed by atoms with Crippen LogP contribution in [0.4, 0.5) is 0 Å². The van der Waals surface area contributed by atoms with Crippen LogP contribution in [0, 0.1) is 0 Å². The van der Waals surface area contributed by atoms with E-state index < -0.39 is 26.6 Å². The topological polar surface area (TPSA) is 108 Å². The second-order valence-electron chi connectivity index (χ2n) is 23.1. The molecule has 0 fully saturated rings. The Hall–Kier alpha value is -1.28. The molecule has 3 unspecified atom stereocenters. The molecule has 0 saturated heterocycles. The first kappa shape index (κ1) is 71.7. The molecular formula is C64H125N2O6P. The summed E-state index contributed by atoms with van der Waals surface area (Å²) in [6.07, 6.45) is 72.5. The molecular weight excluding hydrogens is 924 g/mol. The number of aliphatic hydroxyl groups excluding tert-OH is 1. The van der Waals surface area contributed by atoms with Crippen LogP contribution >= 0.6 is 7.82 Å². The Labute approximate surface area is 455 Å². The van der Waals surface area contributed by atoms with Crippen molar-refractivity contribution < 1.29 is 32.9 Å². The molecule has 0 radical (unpaired) electrons. The molecule has 1 amide bonds. The highest BCUT2D eigenvalue weighted by molar-refractivity contribution is 7.45. The predicted octanol–water partition coefficient (Wildman–Crippen LogP) is 19.1. The van der Waals surface area contributed by atoms with Gasteiger partial charge in [0.05, 0.1) is 39.9 Å². The van der Waals surface area contributed by atoms with Crippen molar-refractivity contribution in [3.05, 3.63) is 36.5 Å². The average Bonchev–Trinajstić information content (AvgIpc) is 3.35. The maximum absolute atomic E-state index is 13.0. The maximum Gasteiger partial charge on any atom is 0.268 e. The van der Waals surface area contributed by atoms with Gasteiger partial charge in [-0.3, -0.25) is 9.36 Å². The number of hydrogen-bond donors (Lipinski definition) is 2. The summed E-state index contributed by atoms with van der Waals surface area (Å²) in [6, 6.07) is -0.908. The number of hydrogen-bond acceptors (Lipinski definition) is 6. The number of carbonyl (C=O) groups excluding carboxylic acids is 1. The Balaban J connectivity index is 4.16. The van der Waals surface area contributed by atoms with Crippen LogP contribution in [0.15, 0.2) is 36.5 Å². The first-order valence-electron chi connectivity index (χ1n) is 31.9. The number of likely N-dealkylation sites (N-methyl/N-ethyl adjacent to an activating group) is 1. The number of nitrogens with zero attached hydrogens (tertiary/aromatic N) is 1. The van der Waals surface area contributed by atoms with Crippen LogP contribution in [0.5, 0.6) is 0 Å². The molecule has 0 spiro atoms. The van der Waals surface area contributed by atoms with Gasteiger partial charge in [0, 0.05) is 6.42 Å². The molecule has 0 aromatic rings. The van der Waals surface area contributed by atoms with Gasteiger partial charge in [-0.05, 0) is 44.9 Å². The summed E-state index contributed by atoms with van der Waals surface area (Å²) in [4.78, 5) is 25.5. The molecule has 0 bridgehead atoms. The lowest BCUT2D eigenvalue weighted by Crippen LogP contribution is -2.45. The van der Waals surface area contributed by atoms with Crippen LogP contribution in [0.1, 0.15) is 316 Å². The largest absolute Gasteiger partial charge is 0.756 e. The fourth-order valence-electron chi connectivity index (χ4n) is 9.60. The molecule has 73 heavy (non-hydrogen) atoms. The normalized spacial score (nSPS) is 14.0. The van der Waals surface area contributed by atoms with Gasteiger partial charge >= 0.3 is 0 Å². The third kappa shape index (κ3) is 58.2. The third-order valence-corrected chi connectivity index (χ3v) is 15.5. The van der Waals surface area contributed by atoms with Crippen molar-refractivity contribution in [3.63, 3.8) is 0 Å². The Morgan fingerprint density at radius 2 is 0.767 bits per heavy atom. The number of nitrogens with one attached hydrogen (secondary N) is 1. The van der Waals surface area contributed by atoms with Crippen molar-refractivity contribution in [2.45, 2.75) is 328 Å². The van der Waals surface area contributed by atoms with Gasteiger partial charge in [-0.15, -0.1) is 0 Å². The molecule has 432 valence electrons. The highest BCUT2D eigenvalue weighted by atomic mass is 31.2. The van der Waals surface area contributed by atoms with Gasteiger partial charge < -0.3 is 28.8 Å². The van der Waals surface area contributed by atoms with E-state index >= 15 is 0 Å². The molecule has 0 aliphatic heterocycles. The number of allylic oxidation sites excluding steroid dienone is 5. The minimum Gasteiger partial charge on any atom is -0.756 e. The summed E-state index contributed by atoms with van der Waals surface area (Å²) in [6.45, 7) is 4.67. The Kier molecular flexibility index (Phi) is 54.5. The highest BCUT2D eigenvalue weighted by Crippen LogP contribution is 2.38. The molecule has 0 saturated carbocycles. The summed E-state index contributed by atoms with van der Waals surface area (Å²) in [5.74, 6) is -0.206. The van der Waals surface area contributed by atoms with Crippen LogP contribution in [-0.4, -0.2) is 68.5 Å². The van der Waals surface area contributed by atoms with E-state index in [4.69, 9.17) is 9.05 Å². The number of phosphoric ester groups is 1. The van der Waals surface area contributed by atoms with Crippen LogP contribution in [-0.2, 0) is 18.4 Å². The fourth-order valence-corrected chi connectivity index (χ4v) is 10.3. The van der Waals surface area contributed by atoms with Gasteiger partial charge in [-0.1, -0.05) is 301 Å². The molecule has 0 aromatic carbocycles. The number of quaternary nitrogens is 1. The molecule has 0 aliphatic rings. The molecule has 0 aliphatic carbocycles. The lowest BCUT2D eigenvalue weighted by Gasteiger charge is -2.29. The molecule has 8 nitrogen and oxygen atoms in total. The Morgan fingerprint density at radius 3 is 1.11 bits per heavy atom. The van der Waals surface area contributed by atoms with Crippen molar-refractivity contribution in [2.75, 3.05) is 40.9 Å². The van der Waals surface area contributed by atoms with Crippen LogP contribution in [0.3, 0.4) is 0 Å². The van der Waals surface area contributed by atoms with Crippen LogP contribution < -0.4 is 10.2 Å². The van der Waals surface area contributed by atoms with E-state index in [1.807, 2.05) is 27.2 Å². The minimum absolute atomic E-state index is 0.00725. The fraction of sp³-hybridized carbons (Fsp3) is 0.891. The van der Waals surface area contributed by atoms with Gasteiger partial charge in [0.15, 0.2) is 0 Å². The molecule has 3 atom stereocenters. The number of carbonyl (C=O) groups is 1. The van der Waals surface area contributed by atoms with Crippen molar-refractivity contribution in [1.29, 1.82) is 0 Å². The van der Waals surface area contributed by atoms with Crippen LogP contribution in [0.2, 0.25) is 0 Å². The van der Waals surface area contributed by atoms with E-state index in [1.165, 1.54) is 250 Å². The minimum atomic E-state index is -4.61. The second-order valence-corrected chi connectivity index (χ2v) is 24.5. The van der Waals surface area contributed by atoms with Gasteiger partial charge in [0.25, 0.3) is 7.82 Å². The third-order valence-electron chi connectivity index (χ3n) is 14.6. The van der Waals surface area contributed by atoms with Gasteiger partial charge in [-0.2, -0.15) is 0 Å². The zero-order chi connectivity index (χ0) is 53.5. The lowest BCUT2D eigenvalue weighted by molar-refractivity contribution is -0.870. The SMILES string of the molecule is CCCCCCCCCCCCCCCCCCCCCCC/C=C/CC/C=C/CC/C=C/C(O)C(COP(=O)([O-])OCC[N+](C)(C)C)NC(=O)CCCCCCCCCCCCCCCCCCCCCC. The van der Waals surface area contributed by atoms with Crippen molar-refractivity contribution in [3.8, 4) is 0 Å². The Bertz CT molecular complexity index is 1280. The standard InChI is InChI=1S/C64H125N2O6P/c1-6-8-10-12-14-16-18-20-22-24-26-28-29-30-31-32-33-34-35-36-37-38-39-41-43-45-47-49-51-53-55-57-63(67)62(61-72-73(69,70)71-60-59-66(3,4)5)65-64(68)58-56-54-52-50-48-46-44-42-40-27-25-23-21-19-17-15-13-11-9-7-2/h39,41,47,49,55,57,62-63,67H,6-38,40,42-46,48,50-54,56,58-61H2,1-5H3,(H-,65,68,69,70)/b41-39+,49-47+,57-55+. The average molecular weight is 1050 g/mol. The Morgan fingerprint density at radius 1 is 0.466 bits per heavy atom. The number of unbranched alkanes of at least 4 members (excludes halogenated alkanes) is 42. The number of aliphatic hydroxyl groups is 1. The number of amides is 1. The number of phosphoric acid groups is 1. The molecule has 0 rings (SSSR count). The summed E-state index contributed by atoms with van der Waals surface area (Å²) < 4.78 is 23.4. The molecule has 9 heteroatoms. The van der Waals surface area contributed by atoms with E-state index in [0.717, 1.165) is 44.9 Å². The second kappa shape index (κ2) is 55.5. The lowest BCUT2D eigenvalue weighted by atomic mass is 10.0. The predicted molar refractivity (Wildman–Crippen MR) is 316 cm³/mol. The van der Waals surface area contributed by atoms with Gasteiger partial charge in [0.1, 0.15) is 13.2 Å². The van der Waals surface area contributed by atoms with E-state index in [-0.39, 0.29) is 12.5 Å². The van der Waals surface area contributed by atoms with E-state index in [1.54, 1.807) is 6.08 Å². The molecule has 2 N–H and O–H groups in total. The zero-order valence-corrected chi connectivity index (χ0v) is 50.3. The summed E-state index contributed by atoms with van der Waals surface area (Å²) in [5, 5.41) is 13.9. The smallest absolute Gasteiger partial charge is 0.268 e. The monoisotopic (exact) mass is 1050 g/mol. The molecule has 0 heterocycles.